The molecule has 1 fully saturated rings. The zero-order valence-corrected chi connectivity index (χ0v) is 11.5. The average molecular weight is 270 g/mol. The number of carbonyl (C=O) groups is 1. The molecule has 2 heterocycles. The van der Waals surface area contributed by atoms with Gasteiger partial charge in [0.1, 0.15) is 5.78 Å². The van der Waals surface area contributed by atoms with Crippen molar-refractivity contribution in [2.75, 3.05) is 11.5 Å². The lowest BCUT2D eigenvalue weighted by Gasteiger charge is -2.06. The van der Waals surface area contributed by atoms with Crippen LogP contribution in [0.1, 0.15) is 24.2 Å². The van der Waals surface area contributed by atoms with Gasteiger partial charge in [0.2, 0.25) is 0 Å². The van der Waals surface area contributed by atoms with Gasteiger partial charge in [0.15, 0.2) is 9.84 Å². The van der Waals surface area contributed by atoms with Crippen LogP contribution >= 0.6 is 0 Å². The lowest BCUT2D eigenvalue weighted by atomic mass is 10.00. The van der Waals surface area contributed by atoms with E-state index in [2.05, 4.69) is 5.10 Å². The van der Waals surface area contributed by atoms with Crippen molar-refractivity contribution in [2.45, 2.75) is 26.2 Å². The molecule has 0 aromatic carbocycles. The van der Waals surface area contributed by atoms with Crippen molar-refractivity contribution in [1.29, 1.82) is 0 Å². The number of hydrogen-bond acceptors (Lipinski definition) is 4. The van der Waals surface area contributed by atoms with Crippen LogP contribution in [0.2, 0.25) is 0 Å². The predicted octanol–water partition coefficient (Wildman–Crippen LogP) is 0.665. The molecule has 1 aromatic heterocycles. The van der Waals surface area contributed by atoms with E-state index in [9.17, 15) is 13.2 Å². The number of carbonyl (C=O) groups excluding carboxylic acids is 1. The summed E-state index contributed by atoms with van der Waals surface area (Å²) in [6.45, 7) is 1.89. The first-order valence-electron chi connectivity index (χ1n) is 6.07. The van der Waals surface area contributed by atoms with Crippen molar-refractivity contribution in [3.8, 4) is 0 Å². The Kier molecular flexibility index (Phi) is 3.56. The minimum absolute atomic E-state index is 0.0109. The van der Waals surface area contributed by atoms with Gasteiger partial charge in [0.05, 0.1) is 17.2 Å². The number of sulfone groups is 1. The highest BCUT2D eigenvalue weighted by Crippen LogP contribution is 2.22. The maximum atomic E-state index is 11.9. The smallest absolute Gasteiger partial charge is 0.150 e. The molecule has 1 aromatic rings. The summed E-state index contributed by atoms with van der Waals surface area (Å²) in [5.74, 6) is 0.510. The highest BCUT2D eigenvalue weighted by Gasteiger charge is 2.29. The van der Waals surface area contributed by atoms with E-state index in [1.165, 1.54) is 0 Å². The first kappa shape index (κ1) is 13.3. The largest absolute Gasteiger partial charge is 0.299 e. The summed E-state index contributed by atoms with van der Waals surface area (Å²) in [4.78, 5) is 11.9. The first-order valence-corrected chi connectivity index (χ1v) is 7.89. The molecule has 1 atom stereocenters. The van der Waals surface area contributed by atoms with Gasteiger partial charge in [-0.1, -0.05) is 0 Å². The fourth-order valence-electron chi connectivity index (χ4n) is 2.46. The van der Waals surface area contributed by atoms with Gasteiger partial charge in [-0.05, 0) is 25.3 Å². The van der Waals surface area contributed by atoms with E-state index in [-0.39, 0.29) is 23.2 Å². The number of hydrogen-bond donors (Lipinski definition) is 0. The number of nitrogens with zero attached hydrogens (tertiary/aromatic N) is 2. The molecule has 2 rings (SSSR count). The summed E-state index contributed by atoms with van der Waals surface area (Å²) in [5, 5.41) is 4.19. The highest BCUT2D eigenvalue weighted by molar-refractivity contribution is 7.91. The minimum Gasteiger partial charge on any atom is -0.299 e. The summed E-state index contributed by atoms with van der Waals surface area (Å²) < 4.78 is 24.3. The molecule has 0 aliphatic carbocycles. The Balaban J connectivity index is 1.92. The first-order chi connectivity index (χ1) is 8.35. The van der Waals surface area contributed by atoms with Crippen LogP contribution in [-0.4, -0.2) is 35.5 Å². The topological polar surface area (TPSA) is 69.0 Å². The van der Waals surface area contributed by atoms with Gasteiger partial charge in [-0.15, -0.1) is 0 Å². The predicted molar refractivity (Wildman–Crippen MR) is 68.0 cm³/mol. The van der Waals surface area contributed by atoms with E-state index in [1.807, 2.05) is 20.0 Å². The van der Waals surface area contributed by atoms with E-state index in [1.54, 1.807) is 4.68 Å². The third-order valence-electron chi connectivity index (χ3n) is 3.32. The summed E-state index contributed by atoms with van der Waals surface area (Å²) in [5.41, 5.74) is 1.78. The van der Waals surface area contributed by atoms with Crippen molar-refractivity contribution in [3.63, 3.8) is 0 Å². The van der Waals surface area contributed by atoms with Gasteiger partial charge in [-0.2, -0.15) is 5.10 Å². The molecule has 18 heavy (non-hydrogen) atoms. The van der Waals surface area contributed by atoms with E-state index in [4.69, 9.17) is 0 Å². The van der Waals surface area contributed by atoms with Crippen molar-refractivity contribution in [3.05, 3.63) is 17.5 Å². The SMILES string of the molecule is Cc1cc(CC(=O)CC2CCS(=O)(=O)C2)n(C)n1. The van der Waals surface area contributed by atoms with Gasteiger partial charge in [0.25, 0.3) is 0 Å². The quantitative estimate of drug-likeness (QED) is 0.806. The molecule has 0 saturated carbocycles. The molecule has 100 valence electrons. The van der Waals surface area contributed by atoms with Crippen LogP contribution < -0.4 is 0 Å². The fraction of sp³-hybridized carbons (Fsp3) is 0.667. The third kappa shape index (κ3) is 3.19. The molecular weight excluding hydrogens is 252 g/mol. The van der Waals surface area contributed by atoms with Crippen molar-refractivity contribution >= 4 is 15.6 Å². The summed E-state index contributed by atoms with van der Waals surface area (Å²) in [7, 11) is -1.07. The molecule has 5 nitrogen and oxygen atoms in total. The average Bonchev–Trinajstić information content (AvgIpc) is 2.70. The number of aromatic nitrogens is 2. The molecular formula is C12H18N2O3S. The summed E-state index contributed by atoms with van der Waals surface area (Å²) in [6, 6.07) is 1.89. The van der Waals surface area contributed by atoms with Gasteiger partial charge in [-0.3, -0.25) is 9.48 Å². The number of ketones is 1. The van der Waals surface area contributed by atoms with Crippen LogP contribution in [0.5, 0.6) is 0 Å². The van der Waals surface area contributed by atoms with Crippen LogP contribution in [0.25, 0.3) is 0 Å². The Morgan fingerprint density at radius 3 is 2.78 bits per heavy atom. The minimum atomic E-state index is -2.89. The summed E-state index contributed by atoms with van der Waals surface area (Å²) >= 11 is 0. The Bertz CT molecular complexity index is 560. The maximum absolute atomic E-state index is 11.9. The molecule has 1 aliphatic heterocycles. The van der Waals surface area contributed by atoms with Gasteiger partial charge >= 0.3 is 0 Å². The van der Waals surface area contributed by atoms with Crippen molar-refractivity contribution in [2.24, 2.45) is 13.0 Å². The molecule has 1 unspecified atom stereocenters. The monoisotopic (exact) mass is 270 g/mol. The van der Waals surface area contributed by atoms with E-state index in [0.29, 0.717) is 19.3 Å². The Morgan fingerprint density at radius 2 is 2.28 bits per heavy atom. The second kappa shape index (κ2) is 4.84. The lowest BCUT2D eigenvalue weighted by molar-refractivity contribution is -0.119. The fourth-order valence-corrected chi connectivity index (χ4v) is 4.32. The van der Waals surface area contributed by atoms with Crippen LogP contribution in [-0.2, 0) is 28.1 Å². The second-order valence-corrected chi connectivity index (χ2v) is 7.32. The molecule has 0 N–H and O–H groups in total. The van der Waals surface area contributed by atoms with Crippen LogP contribution in [0.3, 0.4) is 0 Å². The number of Topliss-reactive ketones (excluding diaryl/α,β-unsaturated/α-hetero) is 1. The third-order valence-corrected chi connectivity index (χ3v) is 5.16. The molecule has 1 saturated heterocycles. The lowest BCUT2D eigenvalue weighted by Crippen LogP contribution is -2.13. The van der Waals surface area contributed by atoms with Gasteiger partial charge in [-0.25, -0.2) is 8.42 Å². The zero-order valence-electron chi connectivity index (χ0n) is 10.7. The van der Waals surface area contributed by atoms with E-state index < -0.39 is 9.84 Å². The Morgan fingerprint density at radius 1 is 1.56 bits per heavy atom. The Hall–Kier alpha value is -1.17. The standard InChI is InChI=1S/C12H18N2O3S/c1-9-5-11(14(2)13-9)7-12(15)6-10-3-4-18(16,17)8-10/h5,10H,3-4,6-8H2,1-2H3. The van der Waals surface area contributed by atoms with Crippen LogP contribution in [0.4, 0.5) is 0 Å². The molecule has 6 heteroatoms. The van der Waals surface area contributed by atoms with Crippen molar-refractivity contribution in [1.82, 2.24) is 9.78 Å². The molecule has 0 spiro atoms. The molecule has 0 amide bonds. The summed E-state index contributed by atoms with van der Waals surface area (Å²) in [6.07, 6.45) is 1.33. The van der Waals surface area contributed by atoms with Gasteiger partial charge in [0, 0.05) is 25.6 Å². The maximum Gasteiger partial charge on any atom is 0.150 e. The Labute approximate surface area is 107 Å². The molecule has 0 bridgehead atoms. The highest BCUT2D eigenvalue weighted by atomic mass is 32.2. The number of aryl methyl sites for hydroxylation is 2. The van der Waals surface area contributed by atoms with Crippen LogP contribution in [0, 0.1) is 12.8 Å². The molecule has 1 aliphatic rings. The van der Waals surface area contributed by atoms with E-state index in [0.717, 1.165) is 11.4 Å². The van der Waals surface area contributed by atoms with Gasteiger partial charge < -0.3 is 0 Å². The van der Waals surface area contributed by atoms with E-state index >= 15 is 0 Å². The van der Waals surface area contributed by atoms with Crippen LogP contribution in [0.15, 0.2) is 6.07 Å². The molecule has 0 radical (unpaired) electrons. The van der Waals surface area contributed by atoms with Crippen molar-refractivity contribution < 1.29 is 13.2 Å². The zero-order chi connectivity index (χ0) is 13.3. The second-order valence-electron chi connectivity index (χ2n) is 5.09. The number of rotatable bonds is 4. The normalized spacial score (nSPS) is 22.2.